The molecular formula is C11H12F2N2. The van der Waals surface area contributed by atoms with E-state index >= 15 is 0 Å². The summed E-state index contributed by atoms with van der Waals surface area (Å²) >= 11 is 0. The number of nitriles is 1. The zero-order chi connectivity index (χ0) is 11.4. The zero-order valence-electron chi connectivity index (χ0n) is 8.64. The number of anilines is 1. The Bertz CT molecular complexity index is 373. The second-order valence-electron chi connectivity index (χ2n) is 3.38. The molecule has 0 bridgehead atoms. The normalized spacial score (nSPS) is 11.9. The van der Waals surface area contributed by atoms with Gasteiger partial charge in [0, 0.05) is 6.04 Å². The smallest absolute Gasteiger partial charge is 0.150 e. The average Bonchev–Trinajstić information content (AvgIpc) is 2.22. The average molecular weight is 210 g/mol. The van der Waals surface area contributed by atoms with E-state index in [1.54, 1.807) is 6.07 Å². The van der Waals surface area contributed by atoms with E-state index in [0.717, 1.165) is 18.6 Å². The molecule has 0 spiro atoms. The standard InChI is InChI=1S/C11H12F2N2/c1-3-7(2)15-11-9(12)4-8(6-14)5-10(11)13/h4-5,7,15H,3H2,1-2H3. The molecule has 0 saturated heterocycles. The van der Waals surface area contributed by atoms with Gasteiger partial charge in [0.2, 0.25) is 0 Å². The summed E-state index contributed by atoms with van der Waals surface area (Å²) in [5, 5.41) is 11.2. The van der Waals surface area contributed by atoms with Crippen LogP contribution in [0.5, 0.6) is 0 Å². The van der Waals surface area contributed by atoms with Crippen molar-refractivity contribution in [1.82, 2.24) is 0 Å². The van der Waals surface area contributed by atoms with Gasteiger partial charge in [0.25, 0.3) is 0 Å². The summed E-state index contributed by atoms with van der Waals surface area (Å²) in [5.41, 5.74) is -0.178. The Kier molecular flexibility index (Phi) is 3.62. The molecule has 0 aromatic heterocycles. The van der Waals surface area contributed by atoms with Crippen LogP contribution in [0.4, 0.5) is 14.5 Å². The van der Waals surface area contributed by atoms with Crippen LogP contribution in [-0.4, -0.2) is 6.04 Å². The van der Waals surface area contributed by atoms with Crippen LogP contribution >= 0.6 is 0 Å². The first-order valence-electron chi connectivity index (χ1n) is 4.74. The van der Waals surface area contributed by atoms with Crippen LogP contribution in [0.15, 0.2) is 12.1 Å². The van der Waals surface area contributed by atoms with Gasteiger partial charge in [0.15, 0.2) is 11.6 Å². The molecule has 1 unspecified atom stereocenters. The fraction of sp³-hybridized carbons (Fsp3) is 0.364. The van der Waals surface area contributed by atoms with Crippen molar-refractivity contribution >= 4 is 5.69 Å². The van der Waals surface area contributed by atoms with E-state index in [2.05, 4.69) is 5.32 Å². The van der Waals surface area contributed by atoms with Crippen molar-refractivity contribution in [3.8, 4) is 6.07 Å². The molecule has 0 radical (unpaired) electrons. The maximum atomic E-state index is 13.3. The molecule has 4 heteroatoms. The first-order valence-corrected chi connectivity index (χ1v) is 4.74. The molecule has 0 heterocycles. The first-order chi connectivity index (χ1) is 7.08. The van der Waals surface area contributed by atoms with Crippen molar-refractivity contribution in [2.45, 2.75) is 26.3 Å². The van der Waals surface area contributed by atoms with E-state index in [9.17, 15) is 8.78 Å². The summed E-state index contributed by atoms with van der Waals surface area (Å²) in [7, 11) is 0. The number of benzene rings is 1. The van der Waals surface area contributed by atoms with Crippen LogP contribution in [0.25, 0.3) is 0 Å². The molecule has 0 aliphatic carbocycles. The summed E-state index contributed by atoms with van der Waals surface area (Å²) in [6, 6.07) is 3.73. The van der Waals surface area contributed by atoms with Gasteiger partial charge < -0.3 is 5.32 Å². The van der Waals surface area contributed by atoms with Gasteiger partial charge in [0.05, 0.1) is 11.6 Å². The van der Waals surface area contributed by atoms with Crippen molar-refractivity contribution in [1.29, 1.82) is 5.26 Å². The topological polar surface area (TPSA) is 35.8 Å². The predicted molar refractivity (Wildman–Crippen MR) is 54.4 cm³/mol. The SMILES string of the molecule is CCC(C)Nc1c(F)cc(C#N)cc1F. The van der Waals surface area contributed by atoms with Crippen molar-refractivity contribution in [2.24, 2.45) is 0 Å². The van der Waals surface area contributed by atoms with Gasteiger partial charge in [-0.25, -0.2) is 8.78 Å². The van der Waals surface area contributed by atoms with Gasteiger partial charge in [0.1, 0.15) is 5.69 Å². The Labute approximate surface area is 87.5 Å². The van der Waals surface area contributed by atoms with Crippen molar-refractivity contribution < 1.29 is 8.78 Å². The third-order valence-electron chi connectivity index (χ3n) is 2.17. The minimum Gasteiger partial charge on any atom is -0.378 e. The molecule has 1 rings (SSSR count). The van der Waals surface area contributed by atoms with Crippen LogP contribution in [0, 0.1) is 23.0 Å². The lowest BCUT2D eigenvalue weighted by molar-refractivity contribution is 0.581. The molecule has 0 aliphatic heterocycles. The predicted octanol–water partition coefficient (Wildman–Crippen LogP) is 3.05. The van der Waals surface area contributed by atoms with E-state index in [0.29, 0.717) is 0 Å². The Hall–Kier alpha value is -1.63. The summed E-state index contributed by atoms with van der Waals surface area (Å²) < 4.78 is 26.7. The third-order valence-corrected chi connectivity index (χ3v) is 2.17. The monoisotopic (exact) mass is 210 g/mol. The molecular weight excluding hydrogens is 198 g/mol. The number of hydrogen-bond acceptors (Lipinski definition) is 2. The van der Waals surface area contributed by atoms with Crippen LogP contribution in [0.3, 0.4) is 0 Å². The lowest BCUT2D eigenvalue weighted by Crippen LogP contribution is -2.15. The van der Waals surface area contributed by atoms with E-state index in [-0.39, 0.29) is 17.3 Å². The number of nitrogens with one attached hydrogen (secondary N) is 1. The highest BCUT2D eigenvalue weighted by Crippen LogP contribution is 2.21. The number of nitrogens with zero attached hydrogens (tertiary/aromatic N) is 1. The fourth-order valence-electron chi connectivity index (χ4n) is 1.12. The molecule has 0 saturated carbocycles. The lowest BCUT2D eigenvalue weighted by Gasteiger charge is -2.14. The number of halogens is 2. The maximum Gasteiger partial charge on any atom is 0.150 e. The van der Waals surface area contributed by atoms with Crippen LogP contribution < -0.4 is 5.32 Å². The molecule has 2 nitrogen and oxygen atoms in total. The molecule has 1 N–H and O–H groups in total. The highest BCUT2D eigenvalue weighted by molar-refractivity contribution is 5.50. The molecule has 15 heavy (non-hydrogen) atoms. The van der Waals surface area contributed by atoms with Crippen molar-refractivity contribution in [3.05, 3.63) is 29.3 Å². The van der Waals surface area contributed by atoms with Gasteiger partial charge in [-0.3, -0.25) is 0 Å². The molecule has 1 atom stereocenters. The lowest BCUT2D eigenvalue weighted by atomic mass is 10.1. The summed E-state index contributed by atoms with van der Waals surface area (Å²) in [6.45, 7) is 3.74. The van der Waals surface area contributed by atoms with E-state index in [4.69, 9.17) is 5.26 Å². The zero-order valence-corrected chi connectivity index (χ0v) is 8.64. The van der Waals surface area contributed by atoms with Crippen LogP contribution in [-0.2, 0) is 0 Å². The molecule has 0 fully saturated rings. The number of hydrogen-bond donors (Lipinski definition) is 1. The summed E-state index contributed by atoms with van der Waals surface area (Å²) in [4.78, 5) is 0. The third kappa shape index (κ3) is 2.66. The van der Waals surface area contributed by atoms with Crippen LogP contribution in [0.1, 0.15) is 25.8 Å². The highest BCUT2D eigenvalue weighted by Gasteiger charge is 2.12. The fourth-order valence-corrected chi connectivity index (χ4v) is 1.12. The van der Waals surface area contributed by atoms with Gasteiger partial charge >= 0.3 is 0 Å². The first kappa shape index (κ1) is 11.4. The van der Waals surface area contributed by atoms with Gasteiger partial charge in [-0.05, 0) is 25.5 Å². The number of rotatable bonds is 3. The van der Waals surface area contributed by atoms with E-state index in [1.165, 1.54) is 0 Å². The molecule has 80 valence electrons. The maximum absolute atomic E-state index is 13.3. The molecule has 1 aromatic carbocycles. The van der Waals surface area contributed by atoms with Gasteiger partial charge in [-0.2, -0.15) is 5.26 Å². The van der Waals surface area contributed by atoms with Gasteiger partial charge in [-0.15, -0.1) is 0 Å². The minimum atomic E-state index is -0.730. The van der Waals surface area contributed by atoms with E-state index in [1.807, 2.05) is 13.8 Å². The Balaban J connectivity index is 3.04. The highest BCUT2D eigenvalue weighted by atomic mass is 19.1. The Morgan fingerprint density at radius 2 is 1.93 bits per heavy atom. The Morgan fingerprint density at radius 3 is 2.33 bits per heavy atom. The summed E-state index contributed by atoms with van der Waals surface area (Å²) in [6.07, 6.45) is 0.763. The molecule has 1 aromatic rings. The van der Waals surface area contributed by atoms with E-state index < -0.39 is 11.6 Å². The van der Waals surface area contributed by atoms with Crippen molar-refractivity contribution in [2.75, 3.05) is 5.32 Å². The second-order valence-corrected chi connectivity index (χ2v) is 3.38. The molecule has 0 aliphatic rings. The van der Waals surface area contributed by atoms with Gasteiger partial charge in [-0.1, -0.05) is 6.92 Å². The summed E-state index contributed by atoms with van der Waals surface area (Å²) in [5.74, 6) is -1.46. The van der Waals surface area contributed by atoms with Crippen LogP contribution in [0.2, 0.25) is 0 Å². The largest absolute Gasteiger partial charge is 0.378 e. The van der Waals surface area contributed by atoms with Crippen molar-refractivity contribution in [3.63, 3.8) is 0 Å². The molecule has 0 amide bonds. The second kappa shape index (κ2) is 4.74. The Morgan fingerprint density at radius 1 is 1.40 bits per heavy atom. The quantitative estimate of drug-likeness (QED) is 0.832. The minimum absolute atomic E-state index is 0.0121.